The van der Waals surface area contributed by atoms with E-state index in [-0.39, 0.29) is 35.1 Å². The third-order valence-electron chi connectivity index (χ3n) is 6.44. The molecule has 3 amide bonds. The maximum atomic E-state index is 13.4. The highest BCUT2D eigenvalue weighted by Crippen LogP contribution is 2.39. The summed E-state index contributed by atoms with van der Waals surface area (Å²) in [5.74, 6) is -0.810. The Labute approximate surface area is 227 Å². The van der Waals surface area contributed by atoms with Crippen molar-refractivity contribution in [3.63, 3.8) is 0 Å². The third kappa shape index (κ3) is 6.70. The van der Waals surface area contributed by atoms with Crippen molar-refractivity contribution in [2.45, 2.75) is 44.6 Å². The summed E-state index contributed by atoms with van der Waals surface area (Å²) in [5.41, 5.74) is -6.64. The Morgan fingerprint density at radius 2 is 1.20 bits per heavy atom. The topological polar surface area (TPSA) is 144 Å². The van der Waals surface area contributed by atoms with E-state index in [2.05, 4.69) is 5.32 Å². The van der Waals surface area contributed by atoms with Gasteiger partial charge in [-0.15, -0.1) is 0 Å². The fourth-order valence-corrected chi connectivity index (χ4v) is 4.12. The molecule has 0 saturated carbocycles. The van der Waals surface area contributed by atoms with Gasteiger partial charge < -0.3 is 5.32 Å². The predicted octanol–water partition coefficient (Wildman–Crippen LogP) is 6.41. The summed E-state index contributed by atoms with van der Waals surface area (Å²) in [6.07, 6.45) is -7.91. The van der Waals surface area contributed by atoms with Gasteiger partial charge in [0.15, 0.2) is 0 Å². The molecule has 1 aliphatic heterocycles. The number of nitrogens with one attached hydrogen (secondary N) is 2. The van der Waals surface area contributed by atoms with E-state index in [0.717, 1.165) is 12.1 Å². The maximum Gasteiger partial charge on any atom is 0.423 e. The molecule has 2 aromatic rings. The second kappa shape index (κ2) is 11.0. The van der Waals surface area contributed by atoms with Crippen LogP contribution in [-0.2, 0) is 17.1 Å². The van der Waals surface area contributed by atoms with Crippen LogP contribution in [0.25, 0.3) is 11.1 Å². The molecule has 2 aromatic carbocycles. The van der Waals surface area contributed by atoms with Crippen molar-refractivity contribution in [1.82, 2.24) is 10.6 Å². The van der Waals surface area contributed by atoms with Gasteiger partial charge in [0.25, 0.3) is 17.3 Å². The van der Waals surface area contributed by atoms with E-state index in [9.17, 15) is 56.2 Å². The molecular formula is C25H20F6N4O6. The van der Waals surface area contributed by atoms with E-state index in [1.807, 2.05) is 5.32 Å². The number of hydrogen-bond acceptors (Lipinski definition) is 6. The molecule has 41 heavy (non-hydrogen) atoms. The SMILES string of the molecule is CC(=CCC1(CC=C(C)c2ccc([N+](=O)[O-])c(C(F)(F)F)c2)NC(=O)NC1=O)c1ccc([N+](=O)[O-])c(C(F)(F)F)c1. The van der Waals surface area contributed by atoms with E-state index in [1.54, 1.807) is 0 Å². The van der Waals surface area contributed by atoms with Crippen molar-refractivity contribution >= 4 is 34.5 Å². The van der Waals surface area contributed by atoms with E-state index < -0.39 is 62.2 Å². The zero-order valence-corrected chi connectivity index (χ0v) is 21.1. The molecule has 0 aliphatic carbocycles. The summed E-state index contributed by atoms with van der Waals surface area (Å²) in [5, 5.41) is 26.5. The molecule has 1 aliphatic rings. The first-order valence-electron chi connectivity index (χ1n) is 11.5. The molecule has 1 saturated heterocycles. The summed E-state index contributed by atoms with van der Waals surface area (Å²) in [7, 11) is 0. The molecule has 0 bridgehead atoms. The number of nitro groups is 2. The van der Waals surface area contributed by atoms with Crippen LogP contribution in [0.4, 0.5) is 42.5 Å². The summed E-state index contributed by atoms with van der Waals surface area (Å²) in [6, 6.07) is 3.87. The van der Waals surface area contributed by atoms with Crippen molar-refractivity contribution in [2.24, 2.45) is 0 Å². The molecule has 0 atom stereocenters. The summed E-state index contributed by atoms with van der Waals surface area (Å²) in [6.45, 7) is 2.78. The third-order valence-corrected chi connectivity index (χ3v) is 6.44. The van der Waals surface area contributed by atoms with Gasteiger partial charge in [-0.1, -0.05) is 12.2 Å². The standard InChI is InChI=1S/C25H20F6N4O6/c1-13(15-3-5-19(34(38)39)17(11-15)24(26,27)28)7-9-23(21(36)32-22(37)33-23)10-8-14(2)16-4-6-20(35(40)41)18(12-16)25(29,30)31/h3-8,11-12H,9-10H2,1-2H3,(H2,32,33,36,37). The number of urea groups is 1. The zero-order chi connectivity index (χ0) is 30.9. The first-order valence-corrected chi connectivity index (χ1v) is 11.5. The number of halogens is 6. The quantitative estimate of drug-likeness (QED) is 0.158. The molecule has 10 nitrogen and oxygen atoms in total. The molecule has 218 valence electrons. The largest absolute Gasteiger partial charge is 0.423 e. The number of alkyl halides is 6. The molecule has 0 unspecified atom stereocenters. The lowest BCUT2D eigenvalue weighted by Gasteiger charge is -2.24. The van der Waals surface area contributed by atoms with Crippen LogP contribution in [0.15, 0.2) is 48.6 Å². The minimum atomic E-state index is -5.02. The van der Waals surface area contributed by atoms with Crippen molar-refractivity contribution in [3.8, 4) is 0 Å². The molecule has 1 fully saturated rings. The van der Waals surface area contributed by atoms with Gasteiger partial charge in [0.05, 0.1) is 9.85 Å². The maximum absolute atomic E-state index is 13.4. The molecule has 3 rings (SSSR count). The van der Waals surface area contributed by atoms with Gasteiger partial charge in [-0.05, 0) is 73.2 Å². The number of imide groups is 1. The lowest BCUT2D eigenvalue weighted by Crippen LogP contribution is -2.46. The number of allylic oxidation sites excluding steroid dienone is 2. The predicted molar refractivity (Wildman–Crippen MR) is 132 cm³/mol. The average Bonchev–Trinajstić information content (AvgIpc) is 3.16. The van der Waals surface area contributed by atoms with Crippen LogP contribution in [-0.4, -0.2) is 27.3 Å². The van der Waals surface area contributed by atoms with Crippen molar-refractivity contribution in [3.05, 3.63) is 91.0 Å². The highest BCUT2D eigenvalue weighted by molar-refractivity contribution is 6.07. The number of nitro benzene ring substituents is 2. The zero-order valence-electron chi connectivity index (χ0n) is 21.1. The number of hydrogen-bond donors (Lipinski definition) is 2. The van der Waals surface area contributed by atoms with Crippen molar-refractivity contribution in [1.29, 1.82) is 0 Å². The highest BCUT2D eigenvalue weighted by atomic mass is 19.4. The van der Waals surface area contributed by atoms with E-state index in [1.165, 1.54) is 26.0 Å². The van der Waals surface area contributed by atoms with Crippen LogP contribution in [0, 0.1) is 20.2 Å². The van der Waals surface area contributed by atoms with Gasteiger partial charge in [-0.2, -0.15) is 26.3 Å². The lowest BCUT2D eigenvalue weighted by molar-refractivity contribution is -0.388. The van der Waals surface area contributed by atoms with E-state index >= 15 is 0 Å². The van der Waals surface area contributed by atoms with Crippen LogP contribution in [0.3, 0.4) is 0 Å². The van der Waals surface area contributed by atoms with Gasteiger partial charge >= 0.3 is 18.4 Å². The van der Waals surface area contributed by atoms with Crippen LogP contribution < -0.4 is 10.6 Å². The van der Waals surface area contributed by atoms with Crippen LogP contribution in [0.5, 0.6) is 0 Å². The molecule has 0 aromatic heterocycles. The summed E-state index contributed by atoms with van der Waals surface area (Å²) >= 11 is 0. The average molecular weight is 586 g/mol. The number of rotatable bonds is 8. The van der Waals surface area contributed by atoms with Crippen LogP contribution in [0.2, 0.25) is 0 Å². The van der Waals surface area contributed by atoms with Crippen molar-refractivity contribution < 1.29 is 45.8 Å². The summed E-state index contributed by atoms with van der Waals surface area (Å²) < 4.78 is 80.3. The van der Waals surface area contributed by atoms with Gasteiger partial charge in [-0.25, -0.2) is 4.79 Å². The Morgan fingerprint density at radius 3 is 1.49 bits per heavy atom. The first-order chi connectivity index (χ1) is 18.9. The number of carbonyl (C=O) groups is 2. The molecule has 2 N–H and O–H groups in total. The molecule has 16 heteroatoms. The van der Waals surface area contributed by atoms with Gasteiger partial charge in [0.2, 0.25) is 0 Å². The van der Waals surface area contributed by atoms with Gasteiger partial charge in [0.1, 0.15) is 16.7 Å². The van der Waals surface area contributed by atoms with E-state index in [0.29, 0.717) is 24.3 Å². The fraction of sp³-hybridized carbons (Fsp3) is 0.280. The first kappa shape index (κ1) is 30.8. The normalized spacial score (nSPS) is 18.2. The van der Waals surface area contributed by atoms with Gasteiger partial charge in [0, 0.05) is 12.1 Å². The Kier molecular flexibility index (Phi) is 8.27. The Morgan fingerprint density at radius 1 is 0.805 bits per heavy atom. The molecular weight excluding hydrogens is 566 g/mol. The number of nitrogens with zero attached hydrogens (tertiary/aromatic N) is 2. The lowest BCUT2D eigenvalue weighted by atomic mass is 9.88. The number of amides is 3. The van der Waals surface area contributed by atoms with Crippen molar-refractivity contribution in [2.75, 3.05) is 0 Å². The Balaban J connectivity index is 1.96. The second-order valence-electron chi connectivity index (χ2n) is 9.15. The Bertz CT molecular complexity index is 1400. The highest BCUT2D eigenvalue weighted by Gasteiger charge is 2.45. The second-order valence-corrected chi connectivity index (χ2v) is 9.15. The monoisotopic (exact) mass is 586 g/mol. The minimum Gasteiger partial charge on any atom is -0.323 e. The number of carbonyl (C=O) groups excluding carboxylic acids is 2. The van der Waals surface area contributed by atoms with Crippen LogP contribution in [0.1, 0.15) is 48.9 Å². The molecule has 0 radical (unpaired) electrons. The van der Waals surface area contributed by atoms with E-state index in [4.69, 9.17) is 0 Å². The number of benzene rings is 2. The Hall–Kier alpha value is -4.76. The smallest absolute Gasteiger partial charge is 0.323 e. The molecule has 1 heterocycles. The van der Waals surface area contributed by atoms with Gasteiger partial charge in [-0.3, -0.25) is 30.3 Å². The minimum absolute atomic E-state index is 0.0416. The fourth-order valence-electron chi connectivity index (χ4n) is 4.12. The van der Waals surface area contributed by atoms with Crippen LogP contribution >= 0.6 is 0 Å². The molecule has 0 spiro atoms. The summed E-state index contributed by atoms with van der Waals surface area (Å²) in [4.78, 5) is 44.4.